The number of hydrogen-bond acceptors (Lipinski definition) is 5. The molecular formula is C21H34N4O3S. The summed E-state index contributed by atoms with van der Waals surface area (Å²) in [6, 6.07) is 4.18. The standard InChI is InChI=1S/C21H34N4O3S/c1-16-6-9-21(10-7-16)27-15-17(28-21)13-23-20(24-14-19(26)25(2)3)22-11-8-18-5-4-12-29-18/h4-5,12,16-17H,6-11,13-15H2,1-3H3,(H2,22,23,24). The minimum atomic E-state index is -0.385. The van der Waals surface area contributed by atoms with E-state index in [0.29, 0.717) is 19.1 Å². The number of thiophene rings is 1. The average molecular weight is 423 g/mol. The maximum absolute atomic E-state index is 11.9. The van der Waals surface area contributed by atoms with E-state index in [1.807, 2.05) is 0 Å². The number of hydrogen-bond donors (Lipinski definition) is 2. The molecule has 1 amide bonds. The highest BCUT2D eigenvalue weighted by Gasteiger charge is 2.43. The van der Waals surface area contributed by atoms with Gasteiger partial charge in [0.1, 0.15) is 12.6 Å². The predicted octanol–water partition coefficient (Wildman–Crippen LogP) is 2.24. The monoisotopic (exact) mass is 422 g/mol. The molecule has 1 saturated heterocycles. The van der Waals surface area contributed by atoms with Crippen LogP contribution in [0, 0.1) is 5.92 Å². The summed E-state index contributed by atoms with van der Waals surface area (Å²) in [5.74, 6) is 0.980. The Labute approximate surface area is 177 Å². The van der Waals surface area contributed by atoms with Crippen LogP contribution in [-0.2, 0) is 20.7 Å². The molecular weight excluding hydrogens is 388 g/mol. The van der Waals surface area contributed by atoms with Crippen molar-refractivity contribution in [1.82, 2.24) is 15.5 Å². The molecule has 2 aliphatic rings. The van der Waals surface area contributed by atoms with E-state index >= 15 is 0 Å². The van der Waals surface area contributed by atoms with E-state index in [1.165, 1.54) is 4.88 Å². The molecule has 0 radical (unpaired) electrons. The molecule has 1 aromatic heterocycles. The van der Waals surface area contributed by atoms with Gasteiger partial charge >= 0.3 is 0 Å². The highest BCUT2D eigenvalue weighted by Crippen LogP contribution is 2.39. The number of ether oxygens (including phenoxy) is 2. The summed E-state index contributed by atoms with van der Waals surface area (Å²) in [7, 11) is 3.48. The molecule has 1 aliphatic heterocycles. The fraction of sp³-hybridized carbons (Fsp3) is 0.714. The van der Waals surface area contributed by atoms with Crippen molar-refractivity contribution in [1.29, 1.82) is 0 Å². The molecule has 0 aromatic carbocycles. The fourth-order valence-corrected chi connectivity index (χ4v) is 4.32. The van der Waals surface area contributed by atoms with Crippen molar-refractivity contribution in [3.8, 4) is 0 Å². The van der Waals surface area contributed by atoms with Gasteiger partial charge < -0.3 is 25.0 Å². The van der Waals surface area contributed by atoms with Crippen LogP contribution in [0.1, 0.15) is 37.5 Å². The first-order valence-electron chi connectivity index (χ1n) is 10.5. The first-order chi connectivity index (χ1) is 14.0. The second-order valence-corrected chi connectivity index (χ2v) is 9.27. The Hall–Kier alpha value is -1.64. The Morgan fingerprint density at radius 2 is 2.14 bits per heavy atom. The largest absolute Gasteiger partial charge is 0.356 e. The molecule has 29 heavy (non-hydrogen) atoms. The SMILES string of the molecule is CC1CCC2(CC1)OCC(CNC(=NCC(=O)N(C)C)NCCc1cccs1)O2. The van der Waals surface area contributed by atoms with E-state index in [9.17, 15) is 4.79 Å². The minimum Gasteiger partial charge on any atom is -0.356 e. The van der Waals surface area contributed by atoms with Gasteiger partial charge in [-0.15, -0.1) is 11.3 Å². The third-order valence-electron chi connectivity index (χ3n) is 5.56. The van der Waals surface area contributed by atoms with Gasteiger partial charge in [-0.05, 0) is 36.6 Å². The summed E-state index contributed by atoms with van der Waals surface area (Å²) >= 11 is 1.75. The lowest BCUT2D eigenvalue weighted by Crippen LogP contribution is -2.44. The van der Waals surface area contributed by atoms with Gasteiger partial charge in [-0.1, -0.05) is 13.0 Å². The summed E-state index contributed by atoms with van der Waals surface area (Å²) in [5.41, 5.74) is 0. The van der Waals surface area contributed by atoms with Gasteiger partial charge in [-0.25, -0.2) is 4.99 Å². The van der Waals surface area contributed by atoms with Crippen LogP contribution in [0.4, 0.5) is 0 Å². The van der Waals surface area contributed by atoms with Gasteiger partial charge in [0.15, 0.2) is 11.7 Å². The molecule has 1 aromatic rings. The molecule has 0 bridgehead atoms. The van der Waals surface area contributed by atoms with Crippen LogP contribution in [0.15, 0.2) is 22.5 Å². The number of nitrogens with zero attached hydrogens (tertiary/aromatic N) is 2. The Balaban J connectivity index is 1.49. The lowest BCUT2D eigenvalue weighted by Gasteiger charge is -2.34. The van der Waals surface area contributed by atoms with E-state index in [2.05, 4.69) is 40.1 Å². The van der Waals surface area contributed by atoms with E-state index in [4.69, 9.17) is 9.47 Å². The number of carbonyl (C=O) groups excluding carboxylic acids is 1. The lowest BCUT2D eigenvalue weighted by molar-refractivity contribution is -0.191. The second-order valence-electron chi connectivity index (χ2n) is 8.23. The van der Waals surface area contributed by atoms with Crippen LogP contribution in [0.5, 0.6) is 0 Å². The summed E-state index contributed by atoms with van der Waals surface area (Å²) in [6.07, 6.45) is 5.18. The quantitative estimate of drug-likeness (QED) is 0.521. The summed E-state index contributed by atoms with van der Waals surface area (Å²) < 4.78 is 12.3. The van der Waals surface area contributed by atoms with Crippen LogP contribution in [0.25, 0.3) is 0 Å². The van der Waals surface area contributed by atoms with Gasteiger partial charge in [0.25, 0.3) is 0 Å². The van der Waals surface area contributed by atoms with Crippen LogP contribution in [0.3, 0.4) is 0 Å². The summed E-state index contributed by atoms with van der Waals surface area (Å²) in [5, 5.41) is 8.75. The molecule has 2 heterocycles. The van der Waals surface area contributed by atoms with E-state index in [1.54, 1.807) is 30.3 Å². The smallest absolute Gasteiger partial charge is 0.243 e. The Bertz CT molecular complexity index is 669. The molecule has 1 spiro atoms. The first kappa shape index (κ1) is 22.1. The number of amides is 1. The molecule has 8 heteroatoms. The van der Waals surface area contributed by atoms with Gasteiger partial charge in [-0.3, -0.25) is 4.79 Å². The van der Waals surface area contributed by atoms with Crippen molar-refractivity contribution in [2.24, 2.45) is 10.9 Å². The highest BCUT2D eigenvalue weighted by molar-refractivity contribution is 7.09. The Morgan fingerprint density at radius 3 is 2.83 bits per heavy atom. The van der Waals surface area contributed by atoms with Crippen molar-refractivity contribution < 1.29 is 14.3 Å². The second kappa shape index (κ2) is 10.4. The third kappa shape index (κ3) is 6.69. The van der Waals surface area contributed by atoms with E-state index in [-0.39, 0.29) is 24.3 Å². The average Bonchev–Trinajstić information content (AvgIpc) is 3.36. The number of nitrogens with one attached hydrogen (secondary N) is 2. The van der Waals surface area contributed by atoms with Crippen LogP contribution >= 0.6 is 11.3 Å². The van der Waals surface area contributed by atoms with Crippen molar-refractivity contribution in [2.75, 3.05) is 40.3 Å². The van der Waals surface area contributed by atoms with Crippen molar-refractivity contribution in [2.45, 2.75) is 50.9 Å². The molecule has 2 fully saturated rings. The molecule has 1 atom stereocenters. The number of likely N-dealkylation sites (N-methyl/N-ethyl adjacent to an activating group) is 1. The van der Waals surface area contributed by atoms with Gasteiger partial charge in [-0.2, -0.15) is 0 Å². The minimum absolute atomic E-state index is 0.00254. The Kier molecular flexibility index (Phi) is 7.91. The lowest BCUT2D eigenvalue weighted by atomic mass is 9.86. The molecule has 2 N–H and O–H groups in total. The molecule has 162 valence electrons. The zero-order valence-corrected chi connectivity index (χ0v) is 18.6. The highest BCUT2D eigenvalue weighted by atomic mass is 32.1. The number of guanidine groups is 1. The predicted molar refractivity (Wildman–Crippen MR) is 116 cm³/mol. The maximum atomic E-state index is 11.9. The molecule has 7 nitrogen and oxygen atoms in total. The summed E-state index contributed by atoms with van der Waals surface area (Å²) in [6.45, 7) is 4.37. The zero-order chi connectivity index (χ0) is 20.7. The van der Waals surface area contributed by atoms with Gasteiger partial charge in [0.05, 0.1) is 6.61 Å². The van der Waals surface area contributed by atoms with Gasteiger partial charge in [0.2, 0.25) is 5.91 Å². The van der Waals surface area contributed by atoms with Crippen molar-refractivity contribution >= 4 is 23.2 Å². The zero-order valence-electron chi connectivity index (χ0n) is 17.8. The first-order valence-corrected chi connectivity index (χ1v) is 11.4. The van der Waals surface area contributed by atoms with Crippen LogP contribution in [0.2, 0.25) is 0 Å². The molecule has 1 unspecified atom stereocenters. The molecule has 1 saturated carbocycles. The molecule has 3 rings (SSSR count). The Morgan fingerprint density at radius 1 is 1.34 bits per heavy atom. The normalized spacial score (nSPS) is 27.2. The summed E-state index contributed by atoms with van der Waals surface area (Å²) in [4.78, 5) is 19.2. The van der Waals surface area contributed by atoms with E-state index < -0.39 is 0 Å². The molecule has 1 aliphatic carbocycles. The third-order valence-corrected chi connectivity index (χ3v) is 6.50. The van der Waals surface area contributed by atoms with Crippen molar-refractivity contribution in [3.05, 3.63) is 22.4 Å². The number of aliphatic imine (C=N–C) groups is 1. The maximum Gasteiger partial charge on any atom is 0.243 e. The fourth-order valence-electron chi connectivity index (χ4n) is 3.61. The van der Waals surface area contributed by atoms with Gasteiger partial charge in [0, 0.05) is 44.9 Å². The number of rotatable bonds is 7. The van der Waals surface area contributed by atoms with E-state index in [0.717, 1.165) is 44.6 Å². The topological polar surface area (TPSA) is 75.2 Å². The number of carbonyl (C=O) groups is 1. The van der Waals surface area contributed by atoms with Crippen LogP contribution in [-0.4, -0.2) is 69.0 Å². The van der Waals surface area contributed by atoms with Crippen molar-refractivity contribution in [3.63, 3.8) is 0 Å². The van der Waals surface area contributed by atoms with Crippen LogP contribution < -0.4 is 10.6 Å².